The Bertz CT molecular complexity index is 499. The van der Waals surface area contributed by atoms with Crippen LogP contribution in [0.4, 0.5) is 0 Å². The van der Waals surface area contributed by atoms with Crippen LogP contribution in [0.5, 0.6) is 0 Å². The third kappa shape index (κ3) is 3.14. The van der Waals surface area contributed by atoms with Crippen LogP contribution in [0.15, 0.2) is 24.3 Å². The molecule has 1 aliphatic carbocycles. The molecule has 2 nitrogen and oxygen atoms in total. The van der Waals surface area contributed by atoms with E-state index in [2.05, 4.69) is 59.0 Å². The Balaban J connectivity index is 2.07. The van der Waals surface area contributed by atoms with Crippen LogP contribution >= 0.6 is 0 Å². The van der Waals surface area contributed by atoms with Crippen LogP contribution in [-0.4, -0.2) is 11.9 Å². The monoisotopic (exact) mass is 287 g/mol. The van der Waals surface area contributed by atoms with Gasteiger partial charge >= 0.3 is 0 Å². The van der Waals surface area contributed by atoms with Crippen molar-refractivity contribution in [2.75, 3.05) is 0 Å². The molecule has 21 heavy (non-hydrogen) atoms. The molecular weight excluding hydrogens is 258 g/mol. The minimum atomic E-state index is 0.0524. The first-order valence-corrected chi connectivity index (χ1v) is 8.08. The Morgan fingerprint density at radius 1 is 1.19 bits per heavy atom. The summed E-state index contributed by atoms with van der Waals surface area (Å²) in [4.78, 5) is 12.5. The molecule has 0 spiro atoms. The fourth-order valence-corrected chi connectivity index (χ4v) is 4.11. The van der Waals surface area contributed by atoms with Gasteiger partial charge in [0.15, 0.2) is 0 Å². The summed E-state index contributed by atoms with van der Waals surface area (Å²) in [5.41, 5.74) is 2.45. The van der Waals surface area contributed by atoms with Crippen molar-refractivity contribution in [1.82, 2.24) is 5.32 Å². The number of benzene rings is 1. The lowest BCUT2D eigenvalue weighted by molar-refractivity contribution is -0.0366. The molecule has 1 unspecified atom stereocenters. The van der Waals surface area contributed by atoms with Crippen molar-refractivity contribution in [3.8, 4) is 0 Å². The van der Waals surface area contributed by atoms with Gasteiger partial charge in [-0.3, -0.25) is 4.79 Å². The Morgan fingerprint density at radius 2 is 1.71 bits per heavy atom. The lowest BCUT2D eigenvalue weighted by Gasteiger charge is -2.57. The number of carbonyl (C=O) groups is 1. The molecule has 1 aliphatic rings. The van der Waals surface area contributed by atoms with E-state index in [0.29, 0.717) is 5.92 Å². The van der Waals surface area contributed by atoms with Crippen molar-refractivity contribution in [3.63, 3.8) is 0 Å². The fourth-order valence-electron chi connectivity index (χ4n) is 4.11. The van der Waals surface area contributed by atoms with Gasteiger partial charge in [0.1, 0.15) is 0 Å². The first-order valence-electron chi connectivity index (χ1n) is 8.08. The van der Waals surface area contributed by atoms with Crippen LogP contribution in [0.2, 0.25) is 0 Å². The molecule has 1 atom stereocenters. The second-order valence-electron chi connectivity index (χ2n) is 7.99. The molecule has 1 N–H and O–H groups in total. The van der Waals surface area contributed by atoms with Gasteiger partial charge in [0.05, 0.1) is 0 Å². The average molecular weight is 287 g/mol. The summed E-state index contributed by atoms with van der Waals surface area (Å²) in [5, 5.41) is 3.24. The number of hydrogen-bond acceptors (Lipinski definition) is 1. The van der Waals surface area contributed by atoms with Crippen LogP contribution in [0, 0.1) is 10.8 Å². The number of hydrogen-bond donors (Lipinski definition) is 1. The van der Waals surface area contributed by atoms with Crippen molar-refractivity contribution in [2.45, 2.75) is 66.3 Å². The van der Waals surface area contributed by atoms with Crippen LogP contribution < -0.4 is 5.32 Å². The number of carbonyl (C=O) groups excluding carboxylic acids is 1. The van der Waals surface area contributed by atoms with E-state index in [0.717, 1.165) is 18.4 Å². The van der Waals surface area contributed by atoms with E-state index in [4.69, 9.17) is 0 Å². The maximum absolute atomic E-state index is 12.5. The SMILES string of the molecule is CCC(C)c1ccc(C(=O)NC2C(C)(C)CC2(C)C)cc1. The standard InChI is InChI=1S/C19H29NO/c1-7-13(2)14-8-10-15(11-9-14)16(21)20-17-18(3,4)12-19(17,5)6/h8-11,13,17H,7,12H2,1-6H3,(H,20,21). The molecule has 1 aromatic rings. The van der Waals surface area contributed by atoms with Gasteiger partial charge in [-0.1, -0.05) is 53.7 Å². The highest BCUT2D eigenvalue weighted by molar-refractivity contribution is 5.94. The van der Waals surface area contributed by atoms with E-state index in [1.807, 2.05) is 12.1 Å². The highest BCUT2D eigenvalue weighted by atomic mass is 16.1. The topological polar surface area (TPSA) is 29.1 Å². The average Bonchev–Trinajstić information content (AvgIpc) is 2.42. The van der Waals surface area contributed by atoms with E-state index in [1.165, 1.54) is 5.56 Å². The van der Waals surface area contributed by atoms with Gasteiger partial charge in [0.25, 0.3) is 5.91 Å². The van der Waals surface area contributed by atoms with Crippen LogP contribution in [-0.2, 0) is 0 Å². The first kappa shape index (κ1) is 16.1. The van der Waals surface area contributed by atoms with E-state index in [9.17, 15) is 4.79 Å². The molecule has 2 rings (SSSR count). The van der Waals surface area contributed by atoms with Crippen molar-refractivity contribution in [1.29, 1.82) is 0 Å². The van der Waals surface area contributed by atoms with Crippen LogP contribution in [0.3, 0.4) is 0 Å². The number of amides is 1. The van der Waals surface area contributed by atoms with E-state index < -0.39 is 0 Å². The summed E-state index contributed by atoms with van der Waals surface area (Å²) < 4.78 is 0. The van der Waals surface area contributed by atoms with Gasteiger partial charge in [-0.15, -0.1) is 0 Å². The Hall–Kier alpha value is -1.31. The van der Waals surface area contributed by atoms with Gasteiger partial charge in [0, 0.05) is 11.6 Å². The zero-order chi connectivity index (χ0) is 15.8. The Labute approximate surface area is 129 Å². The zero-order valence-electron chi connectivity index (χ0n) is 14.3. The van der Waals surface area contributed by atoms with E-state index in [1.54, 1.807) is 0 Å². The maximum atomic E-state index is 12.5. The number of nitrogens with one attached hydrogen (secondary N) is 1. The molecule has 1 fully saturated rings. The summed E-state index contributed by atoms with van der Waals surface area (Å²) in [7, 11) is 0. The van der Waals surface area contributed by atoms with Gasteiger partial charge in [-0.05, 0) is 47.3 Å². The zero-order valence-corrected chi connectivity index (χ0v) is 14.3. The van der Waals surface area contributed by atoms with E-state index in [-0.39, 0.29) is 22.8 Å². The van der Waals surface area contributed by atoms with Crippen LogP contribution in [0.1, 0.15) is 76.2 Å². The lowest BCUT2D eigenvalue weighted by atomic mass is 9.52. The molecule has 1 saturated carbocycles. The highest BCUT2D eigenvalue weighted by Gasteiger charge is 2.53. The smallest absolute Gasteiger partial charge is 0.251 e. The molecule has 0 heterocycles. The largest absolute Gasteiger partial charge is 0.348 e. The molecule has 0 saturated heterocycles. The van der Waals surface area contributed by atoms with Gasteiger partial charge < -0.3 is 5.32 Å². The summed E-state index contributed by atoms with van der Waals surface area (Å²) in [6, 6.07) is 8.32. The van der Waals surface area contributed by atoms with Gasteiger partial charge in [0.2, 0.25) is 0 Å². The number of rotatable bonds is 4. The Kier molecular flexibility index (Phi) is 4.19. The first-order chi connectivity index (χ1) is 9.67. The predicted octanol–water partition coefficient (Wildman–Crippen LogP) is 4.75. The second kappa shape index (κ2) is 5.47. The third-order valence-corrected chi connectivity index (χ3v) is 5.10. The van der Waals surface area contributed by atoms with E-state index >= 15 is 0 Å². The van der Waals surface area contributed by atoms with Crippen molar-refractivity contribution >= 4 is 5.91 Å². The maximum Gasteiger partial charge on any atom is 0.251 e. The molecule has 1 amide bonds. The minimum absolute atomic E-state index is 0.0524. The summed E-state index contributed by atoms with van der Waals surface area (Å²) in [6.07, 6.45) is 2.27. The molecule has 0 aliphatic heterocycles. The second-order valence-corrected chi connectivity index (χ2v) is 7.99. The molecular formula is C19H29NO. The van der Waals surface area contributed by atoms with Gasteiger partial charge in [-0.25, -0.2) is 0 Å². The molecule has 0 radical (unpaired) electrons. The van der Waals surface area contributed by atoms with Crippen molar-refractivity contribution in [3.05, 3.63) is 35.4 Å². The Morgan fingerprint density at radius 3 is 2.14 bits per heavy atom. The third-order valence-electron chi connectivity index (χ3n) is 5.10. The van der Waals surface area contributed by atoms with Gasteiger partial charge in [-0.2, -0.15) is 0 Å². The minimum Gasteiger partial charge on any atom is -0.348 e. The summed E-state index contributed by atoms with van der Waals surface area (Å²) in [5.74, 6) is 0.600. The molecule has 1 aromatic carbocycles. The molecule has 0 aromatic heterocycles. The van der Waals surface area contributed by atoms with Crippen LogP contribution in [0.25, 0.3) is 0 Å². The lowest BCUT2D eigenvalue weighted by Crippen LogP contribution is -2.63. The predicted molar refractivity (Wildman–Crippen MR) is 88.6 cm³/mol. The van der Waals surface area contributed by atoms with Crippen molar-refractivity contribution < 1.29 is 4.79 Å². The molecule has 116 valence electrons. The highest BCUT2D eigenvalue weighted by Crippen LogP contribution is 2.53. The van der Waals surface area contributed by atoms with Crippen molar-refractivity contribution in [2.24, 2.45) is 10.8 Å². The molecule has 0 bridgehead atoms. The quantitative estimate of drug-likeness (QED) is 0.850. The molecule has 2 heteroatoms. The summed E-state index contributed by atoms with van der Waals surface area (Å²) in [6.45, 7) is 13.3. The normalized spacial score (nSPS) is 21.4. The fraction of sp³-hybridized carbons (Fsp3) is 0.632. The summed E-state index contributed by atoms with van der Waals surface area (Å²) >= 11 is 0.